The molecule has 112 valence electrons. The number of carbonyl (C=O) groups excluding carboxylic acids is 1. The highest BCUT2D eigenvalue weighted by atomic mass is 16.1. The first-order chi connectivity index (χ1) is 11.2. The molecule has 0 atom stereocenters. The lowest BCUT2D eigenvalue weighted by atomic mass is 10.1. The normalized spacial score (nSPS) is 10.1. The number of H-pyrrole nitrogens is 1. The van der Waals surface area contributed by atoms with Crippen LogP contribution in [-0.4, -0.2) is 20.9 Å². The molecule has 3 aromatic rings. The minimum atomic E-state index is -0.325. The van der Waals surface area contributed by atoms with Gasteiger partial charge in [0.15, 0.2) is 0 Å². The van der Waals surface area contributed by atoms with E-state index >= 15 is 0 Å². The van der Waals surface area contributed by atoms with Crippen molar-refractivity contribution in [3.63, 3.8) is 0 Å². The van der Waals surface area contributed by atoms with Crippen LogP contribution < -0.4 is 5.32 Å². The van der Waals surface area contributed by atoms with E-state index in [1.807, 2.05) is 24.3 Å². The molecule has 1 amide bonds. The van der Waals surface area contributed by atoms with Crippen molar-refractivity contribution in [3.05, 3.63) is 65.7 Å². The monoisotopic (exact) mass is 303 g/mol. The van der Waals surface area contributed by atoms with Gasteiger partial charge in [0.1, 0.15) is 17.6 Å². The molecular weight excluding hydrogens is 290 g/mol. The van der Waals surface area contributed by atoms with Gasteiger partial charge in [-0.2, -0.15) is 5.26 Å². The topological polar surface area (TPSA) is 94.5 Å². The van der Waals surface area contributed by atoms with Gasteiger partial charge in [-0.1, -0.05) is 12.1 Å². The van der Waals surface area contributed by atoms with Crippen molar-refractivity contribution in [2.45, 2.75) is 6.92 Å². The van der Waals surface area contributed by atoms with Gasteiger partial charge in [-0.25, -0.2) is 9.97 Å². The standard InChI is InChI=1S/C17H13N5O/c1-11-13(10-18)5-6-15(21-11)17(23)22-14-4-2-3-12(9-14)16-19-7-8-20-16/h2-9H,1H3,(H,19,20)(H,22,23). The maximum Gasteiger partial charge on any atom is 0.274 e. The molecule has 0 spiro atoms. The van der Waals surface area contributed by atoms with Crippen LogP contribution in [0.3, 0.4) is 0 Å². The molecule has 0 radical (unpaired) electrons. The van der Waals surface area contributed by atoms with Crippen molar-refractivity contribution in [1.82, 2.24) is 15.0 Å². The maximum absolute atomic E-state index is 12.3. The molecule has 2 aromatic heterocycles. The molecule has 3 rings (SSSR count). The molecule has 0 fully saturated rings. The Morgan fingerprint density at radius 1 is 1.30 bits per heavy atom. The van der Waals surface area contributed by atoms with Crippen molar-refractivity contribution >= 4 is 11.6 Å². The summed E-state index contributed by atoms with van der Waals surface area (Å²) in [5, 5.41) is 11.7. The number of benzene rings is 1. The Bertz CT molecular complexity index is 894. The Kier molecular flexibility index (Phi) is 3.85. The third-order valence-electron chi connectivity index (χ3n) is 3.33. The third kappa shape index (κ3) is 3.09. The second-order valence-corrected chi connectivity index (χ2v) is 4.91. The first-order valence-electron chi connectivity index (χ1n) is 6.96. The van der Waals surface area contributed by atoms with E-state index in [1.54, 1.807) is 31.5 Å². The van der Waals surface area contributed by atoms with E-state index < -0.39 is 0 Å². The van der Waals surface area contributed by atoms with Gasteiger partial charge in [0.05, 0.1) is 11.3 Å². The number of carbonyl (C=O) groups is 1. The van der Waals surface area contributed by atoms with Gasteiger partial charge >= 0.3 is 0 Å². The number of pyridine rings is 1. The number of nitriles is 1. The van der Waals surface area contributed by atoms with Crippen molar-refractivity contribution < 1.29 is 4.79 Å². The van der Waals surface area contributed by atoms with Gasteiger partial charge in [-0.05, 0) is 31.2 Å². The summed E-state index contributed by atoms with van der Waals surface area (Å²) in [4.78, 5) is 23.6. The van der Waals surface area contributed by atoms with Crippen LogP contribution in [0.1, 0.15) is 21.7 Å². The largest absolute Gasteiger partial charge is 0.345 e. The third-order valence-corrected chi connectivity index (χ3v) is 3.33. The van der Waals surface area contributed by atoms with Crippen LogP contribution in [-0.2, 0) is 0 Å². The highest BCUT2D eigenvalue weighted by Gasteiger charge is 2.10. The summed E-state index contributed by atoms with van der Waals surface area (Å²) >= 11 is 0. The fourth-order valence-electron chi connectivity index (χ4n) is 2.17. The highest BCUT2D eigenvalue weighted by molar-refractivity contribution is 6.03. The number of hydrogen-bond acceptors (Lipinski definition) is 4. The SMILES string of the molecule is Cc1nc(C(=O)Nc2cccc(-c3ncc[nH]3)c2)ccc1C#N. The molecule has 0 unspecified atom stereocenters. The molecule has 0 aliphatic rings. The zero-order valence-corrected chi connectivity index (χ0v) is 12.4. The van der Waals surface area contributed by atoms with Crippen LogP contribution in [0.15, 0.2) is 48.8 Å². The molecule has 1 aromatic carbocycles. The fourth-order valence-corrected chi connectivity index (χ4v) is 2.17. The van der Waals surface area contributed by atoms with Crippen LogP contribution in [0.2, 0.25) is 0 Å². The minimum absolute atomic E-state index is 0.268. The van der Waals surface area contributed by atoms with Gasteiger partial charge < -0.3 is 10.3 Å². The first kappa shape index (κ1) is 14.5. The van der Waals surface area contributed by atoms with Crippen LogP contribution in [0.4, 0.5) is 5.69 Å². The zero-order valence-electron chi connectivity index (χ0n) is 12.4. The van der Waals surface area contributed by atoms with Gasteiger partial charge in [0.25, 0.3) is 5.91 Å². The van der Waals surface area contributed by atoms with Crippen molar-refractivity contribution in [3.8, 4) is 17.5 Å². The number of amides is 1. The zero-order chi connectivity index (χ0) is 16.2. The van der Waals surface area contributed by atoms with Gasteiger partial charge in [0.2, 0.25) is 0 Å². The average molecular weight is 303 g/mol. The Balaban J connectivity index is 1.82. The lowest BCUT2D eigenvalue weighted by Crippen LogP contribution is -2.14. The quantitative estimate of drug-likeness (QED) is 0.777. The predicted octanol–water partition coefficient (Wildman–Crippen LogP) is 2.90. The molecule has 0 bridgehead atoms. The number of aryl methyl sites for hydroxylation is 1. The summed E-state index contributed by atoms with van der Waals surface area (Å²) in [6.07, 6.45) is 3.41. The number of nitrogens with zero attached hydrogens (tertiary/aromatic N) is 3. The number of nitrogens with one attached hydrogen (secondary N) is 2. The second-order valence-electron chi connectivity index (χ2n) is 4.91. The average Bonchev–Trinajstić information content (AvgIpc) is 3.09. The Hall–Kier alpha value is -3.46. The summed E-state index contributed by atoms with van der Waals surface area (Å²) < 4.78 is 0. The Labute approximate surface area is 132 Å². The van der Waals surface area contributed by atoms with Crippen LogP contribution in [0.25, 0.3) is 11.4 Å². The number of rotatable bonds is 3. The Morgan fingerprint density at radius 3 is 2.87 bits per heavy atom. The van der Waals surface area contributed by atoms with Gasteiger partial charge in [0, 0.05) is 23.6 Å². The van der Waals surface area contributed by atoms with E-state index in [2.05, 4.69) is 20.3 Å². The van der Waals surface area contributed by atoms with E-state index in [1.165, 1.54) is 6.07 Å². The van der Waals surface area contributed by atoms with E-state index in [0.29, 0.717) is 16.9 Å². The summed E-state index contributed by atoms with van der Waals surface area (Å²) in [7, 11) is 0. The Morgan fingerprint density at radius 2 is 2.17 bits per heavy atom. The summed E-state index contributed by atoms with van der Waals surface area (Å²) in [5.41, 5.74) is 2.78. The van der Waals surface area contributed by atoms with Crippen molar-refractivity contribution in [2.24, 2.45) is 0 Å². The number of imidazole rings is 1. The minimum Gasteiger partial charge on any atom is -0.345 e. The van der Waals surface area contributed by atoms with Crippen LogP contribution in [0, 0.1) is 18.3 Å². The molecule has 2 heterocycles. The van der Waals surface area contributed by atoms with Crippen molar-refractivity contribution in [1.29, 1.82) is 5.26 Å². The lowest BCUT2D eigenvalue weighted by molar-refractivity contribution is 0.102. The molecule has 6 heteroatoms. The van der Waals surface area contributed by atoms with E-state index in [4.69, 9.17) is 5.26 Å². The molecule has 23 heavy (non-hydrogen) atoms. The first-order valence-corrected chi connectivity index (χ1v) is 6.96. The summed E-state index contributed by atoms with van der Waals surface area (Å²) in [6.45, 7) is 1.70. The smallest absolute Gasteiger partial charge is 0.274 e. The summed E-state index contributed by atoms with van der Waals surface area (Å²) in [6, 6.07) is 12.5. The second kappa shape index (κ2) is 6.12. The molecule has 0 aliphatic carbocycles. The molecule has 0 aliphatic heterocycles. The van der Waals surface area contributed by atoms with E-state index in [0.717, 1.165) is 11.4 Å². The number of aromatic amines is 1. The van der Waals surface area contributed by atoms with E-state index in [9.17, 15) is 4.79 Å². The number of hydrogen-bond donors (Lipinski definition) is 2. The molecular formula is C17H13N5O. The van der Waals surface area contributed by atoms with E-state index in [-0.39, 0.29) is 11.6 Å². The molecule has 6 nitrogen and oxygen atoms in total. The van der Waals surface area contributed by atoms with Crippen LogP contribution in [0.5, 0.6) is 0 Å². The molecule has 0 saturated carbocycles. The number of anilines is 1. The molecule has 2 N–H and O–H groups in total. The lowest BCUT2D eigenvalue weighted by Gasteiger charge is -2.07. The number of aromatic nitrogens is 3. The predicted molar refractivity (Wildman–Crippen MR) is 85.7 cm³/mol. The summed E-state index contributed by atoms with van der Waals surface area (Å²) in [5.74, 6) is 0.405. The van der Waals surface area contributed by atoms with Gasteiger partial charge in [-0.3, -0.25) is 4.79 Å². The van der Waals surface area contributed by atoms with Gasteiger partial charge in [-0.15, -0.1) is 0 Å². The molecule has 0 saturated heterocycles. The highest BCUT2D eigenvalue weighted by Crippen LogP contribution is 2.19. The fraction of sp³-hybridized carbons (Fsp3) is 0.0588. The maximum atomic E-state index is 12.3. The van der Waals surface area contributed by atoms with Crippen molar-refractivity contribution in [2.75, 3.05) is 5.32 Å². The van der Waals surface area contributed by atoms with Crippen LogP contribution >= 0.6 is 0 Å².